The molecule has 3 rings (SSSR count). The second-order valence-electron chi connectivity index (χ2n) is 3.92. The highest BCUT2D eigenvalue weighted by molar-refractivity contribution is 7.98. The van der Waals surface area contributed by atoms with Gasteiger partial charge in [-0.2, -0.15) is 11.8 Å². The van der Waals surface area contributed by atoms with Gasteiger partial charge < -0.3 is 0 Å². The van der Waals surface area contributed by atoms with Crippen LogP contribution >= 0.6 is 46.0 Å². The maximum atomic E-state index is 6.01. The van der Waals surface area contributed by atoms with E-state index in [-0.39, 0.29) is 5.38 Å². The van der Waals surface area contributed by atoms with Crippen molar-refractivity contribution in [3.63, 3.8) is 0 Å². The van der Waals surface area contributed by atoms with Crippen LogP contribution in [0, 0.1) is 0 Å². The van der Waals surface area contributed by atoms with Gasteiger partial charge in [0.05, 0.1) is 10.3 Å². The van der Waals surface area contributed by atoms with Gasteiger partial charge in [0.25, 0.3) is 0 Å². The summed E-state index contributed by atoms with van der Waals surface area (Å²) >= 11 is 11.5. The first-order valence-corrected chi connectivity index (χ1v) is 8.63. The predicted octanol–water partition coefficient (Wildman–Crippen LogP) is 4.36. The van der Waals surface area contributed by atoms with Crippen LogP contribution in [0.1, 0.15) is 27.7 Å². The van der Waals surface area contributed by atoms with Crippen molar-refractivity contribution in [2.75, 3.05) is 5.75 Å². The van der Waals surface area contributed by atoms with Gasteiger partial charge in [0.1, 0.15) is 5.01 Å². The highest BCUT2D eigenvalue weighted by Gasteiger charge is 2.17. The van der Waals surface area contributed by atoms with Gasteiger partial charge in [-0.15, -0.1) is 33.1 Å². The molecule has 0 aliphatic carbocycles. The summed E-state index contributed by atoms with van der Waals surface area (Å²) in [6.07, 6.45) is 1.20. The molecule has 0 amide bonds. The largest absolute Gasteiger partial charge is 0.157 e. The van der Waals surface area contributed by atoms with Crippen LogP contribution in [0.5, 0.6) is 0 Å². The van der Waals surface area contributed by atoms with E-state index in [1.165, 1.54) is 27.5 Å². The van der Waals surface area contributed by atoms with Gasteiger partial charge in [-0.1, -0.05) is 11.3 Å². The van der Waals surface area contributed by atoms with Crippen molar-refractivity contribution in [3.05, 3.63) is 21.5 Å². The first kappa shape index (κ1) is 12.0. The topological polar surface area (TPSA) is 25.8 Å². The molecule has 0 saturated heterocycles. The zero-order valence-corrected chi connectivity index (χ0v) is 12.5. The Morgan fingerprint density at radius 1 is 1.35 bits per heavy atom. The van der Waals surface area contributed by atoms with Crippen LogP contribution in [0.25, 0.3) is 9.88 Å². The fraction of sp³-hybridized carbons (Fsp3) is 0.455. The molecule has 1 unspecified atom stereocenters. The smallest absolute Gasteiger partial charge is 0.157 e. The molecular weight excluding hydrogens is 292 g/mol. The highest BCUT2D eigenvalue weighted by atomic mass is 35.5. The highest BCUT2D eigenvalue weighted by Crippen LogP contribution is 2.38. The maximum Gasteiger partial charge on any atom is 0.157 e. The second kappa shape index (κ2) is 4.88. The van der Waals surface area contributed by atoms with Gasteiger partial charge in [-0.25, -0.2) is 0 Å². The van der Waals surface area contributed by atoms with Crippen molar-refractivity contribution in [1.82, 2.24) is 10.2 Å². The lowest BCUT2D eigenvalue weighted by Crippen LogP contribution is -1.96. The number of halogens is 1. The summed E-state index contributed by atoms with van der Waals surface area (Å²) in [6.45, 7) is 1.93. The van der Waals surface area contributed by atoms with E-state index in [2.05, 4.69) is 16.3 Å². The molecule has 0 radical (unpaired) electrons. The maximum absolute atomic E-state index is 6.01. The first-order valence-electron chi connectivity index (χ1n) is 5.41. The quantitative estimate of drug-likeness (QED) is 0.771. The molecule has 6 heteroatoms. The number of aryl methyl sites for hydroxylation is 1. The number of thioether (sulfide) groups is 1. The van der Waals surface area contributed by atoms with E-state index in [1.54, 1.807) is 11.3 Å². The third kappa shape index (κ3) is 2.38. The summed E-state index contributed by atoms with van der Waals surface area (Å²) in [5, 5.41) is 10.2. The molecule has 2 aromatic rings. The van der Waals surface area contributed by atoms with Gasteiger partial charge in [0, 0.05) is 10.6 Å². The number of thiophene rings is 1. The molecule has 90 valence electrons. The summed E-state index contributed by atoms with van der Waals surface area (Å²) < 4.78 is 0. The Kier molecular flexibility index (Phi) is 3.43. The molecule has 0 fully saturated rings. The number of hydrogen-bond donors (Lipinski definition) is 0. The summed E-state index contributed by atoms with van der Waals surface area (Å²) in [6, 6.07) is 2.27. The van der Waals surface area contributed by atoms with E-state index in [0.717, 1.165) is 15.8 Å². The third-order valence-electron chi connectivity index (χ3n) is 2.62. The molecule has 2 nitrogen and oxygen atoms in total. The Morgan fingerprint density at radius 3 is 2.94 bits per heavy atom. The average molecular weight is 303 g/mol. The van der Waals surface area contributed by atoms with Crippen molar-refractivity contribution in [2.45, 2.75) is 24.5 Å². The molecule has 2 aromatic heterocycles. The van der Waals surface area contributed by atoms with E-state index < -0.39 is 0 Å². The van der Waals surface area contributed by atoms with Crippen molar-refractivity contribution >= 4 is 46.0 Å². The molecule has 0 aromatic carbocycles. The number of alkyl halides is 1. The van der Waals surface area contributed by atoms with Gasteiger partial charge in [0.2, 0.25) is 0 Å². The Hall–Kier alpha value is -0.100. The minimum absolute atomic E-state index is 0.0496. The lowest BCUT2D eigenvalue weighted by molar-refractivity contribution is 0.963. The van der Waals surface area contributed by atoms with Crippen LogP contribution in [-0.4, -0.2) is 16.0 Å². The lowest BCUT2D eigenvalue weighted by atomic mass is 10.2. The van der Waals surface area contributed by atoms with Crippen LogP contribution in [0.4, 0.5) is 0 Å². The molecule has 0 N–H and O–H groups in total. The number of rotatable bonds is 2. The van der Waals surface area contributed by atoms with Gasteiger partial charge >= 0.3 is 0 Å². The van der Waals surface area contributed by atoms with Crippen LogP contribution in [0.3, 0.4) is 0 Å². The molecule has 1 atom stereocenters. The fourth-order valence-electron chi connectivity index (χ4n) is 1.75. The lowest BCUT2D eigenvalue weighted by Gasteiger charge is -2.08. The van der Waals surface area contributed by atoms with Crippen LogP contribution in [-0.2, 0) is 12.2 Å². The molecule has 0 spiro atoms. The van der Waals surface area contributed by atoms with E-state index >= 15 is 0 Å². The SMILES string of the molecule is CC(Cl)c1nnc(-c2cc3c(s2)CCSC3)s1. The minimum Gasteiger partial charge on any atom is -0.157 e. The Bertz CT molecular complexity index is 509. The van der Waals surface area contributed by atoms with Crippen molar-refractivity contribution in [2.24, 2.45) is 0 Å². The first-order chi connectivity index (χ1) is 8.24. The standard InChI is InChI=1S/C11H11ClN2S3/c1-6(12)10-13-14-11(17-10)9-4-7-5-15-3-2-8(7)16-9/h4,6H,2-3,5H2,1H3. The number of fused-ring (bicyclic) bond motifs is 1. The molecular formula is C11H11ClN2S3. The Balaban J connectivity index is 1.94. The average Bonchev–Trinajstić information content (AvgIpc) is 2.95. The zero-order valence-electron chi connectivity index (χ0n) is 9.27. The molecule has 17 heavy (non-hydrogen) atoms. The van der Waals surface area contributed by atoms with Crippen molar-refractivity contribution in [3.8, 4) is 9.88 Å². The summed E-state index contributed by atoms with van der Waals surface area (Å²) in [5.74, 6) is 2.39. The normalized spacial score (nSPS) is 16.8. The molecule has 0 bridgehead atoms. The van der Waals surface area contributed by atoms with Crippen LogP contribution in [0.2, 0.25) is 0 Å². The van der Waals surface area contributed by atoms with Crippen LogP contribution < -0.4 is 0 Å². The van der Waals surface area contributed by atoms with Crippen molar-refractivity contribution < 1.29 is 0 Å². The minimum atomic E-state index is -0.0496. The third-order valence-corrected chi connectivity index (χ3v) is 6.48. The van der Waals surface area contributed by atoms with E-state index in [0.29, 0.717) is 0 Å². The second-order valence-corrected chi connectivity index (χ2v) is 7.83. The van der Waals surface area contributed by atoms with E-state index in [4.69, 9.17) is 11.6 Å². The van der Waals surface area contributed by atoms with Gasteiger partial charge in [-0.05, 0) is 30.7 Å². The molecule has 0 saturated carbocycles. The number of nitrogens with zero attached hydrogens (tertiary/aromatic N) is 2. The fourth-order valence-corrected chi connectivity index (χ4v) is 5.11. The van der Waals surface area contributed by atoms with Gasteiger partial charge in [-0.3, -0.25) is 0 Å². The molecule has 1 aliphatic heterocycles. The predicted molar refractivity (Wildman–Crippen MR) is 77.4 cm³/mol. The van der Waals surface area contributed by atoms with Crippen molar-refractivity contribution in [1.29, 1.82) is 0 Å². The zero-order chi connectivity index (χ0) is 11.8. The molecule has 1 aliphatic rings. The van der Waals surface area contributed by atoms with Gasteiger partial charge in [0.15, 0.2) is 5.01 Å². The monoisotopic (exact) mass is 302 g/mol. The summed E-state index contributed by atoms with van der Waals surface area (Å²) in [7, 11) is 0. The summed E-state index contributed by atoms with van der Waals surface area (Å²) in [4.78, 5) is 2.77. The number of aromatic nitrogens is 2. The molecule has 3 heterocycles. The van der Waals surface area contributed by atoms with E-state index in [1.807, 2.05) is 30.0 Å². The number of hydrogen-bond acceptors (Lipinski definition) is 5. The Labute approximate surface area is 117 Å². The Morgan fingerprint density at radius 2 is 2.24 bits per heavy atom. The summed E-state index contributed by atoms with van der Waals surface area (Å²) in [5.41, 5.74) is 1.48. The van der Waals surface area contributed by atoms with E-state index in [9.17, 15) is 0 Å². The van der Waals surface area contributed by atoms with Crippen LogP contribution in [0.15, 0.2) is 6.07 Å².